The van der Waals surface area contributed by atoms with Crippen LogP contribution < -0.4 is 0 Å². The zero-order chi connectivity index (χ0) is 11.5. The normalized spacial score (nSPS) is 10.4. The molecule has 0 aliphatic rings. The van der Waals surface area contributed by atoms with Crippen molar-refractivity contribution < 1.29 is 5.11 Å². The van der Waals surface area contributed by atoms with Crippen LogP contribution in [0.1, 0.15) is 5.56 Å². The van der Waals surface area contributed by atoms with E-state index in [0.717, 1.165) is 26.2 Å². The topological polar surface area (TPSA) is 36.0 Å². The van der Waals surface area contributed by atoms with E-state index >= 15 is 0 Å². The lowest BCUT2D eigenvalue weighted by Gasteiger charge is -2.06. The number of thiol groups is 1. The average molecular weight is 249 g/mol. The van der Waals surface area contributed by atoms with Crippen molar-refractivity contribution in [3.63, 3.8) is 0 Å². The molecule has 0 amide bonds. The highest BCUT2D eigenvalue weighted by Gasteiger charge is 2.03. The van der Waals surface area contributed by atoms with Gasteiger partial charge in [-0.1, -0.05) is 36.5 Å². The quantitative estimate of drug-likeness (QED) is 0.564. The van der Waals surface area contributed by atoms with E-state index in [9.17, 15) is 0 Å². The van der Waals surface area contributed by atoms with Gasteiger partial charge in [0.25, 0.3) is 0 Å². The fraction of sp³-hybridized carbons (Fsp3) is 0.0833. The molecule has 0 bridgehead atoms. The number of pyridine rings is 1. The van der Waals surface area contributed by atoms with Crippen molar-refractivity contribution in [3.8, 4) is 11.3 Å². The Hall–Kier alpha value is -1.10. The van der Waals surface area contributed by atoms with Crippen LogP contribution in [0.2, 0.25) is 0 Å². The molecule has 2 rings (SSSR count). The maximum Gasteiger partial charge on any atom is 0.0681 e. The van der Waals surface area contributed by atoms with Crippen molar-refractivity contribution in [1.29, 1.82) is 0 Å². The van der Waals surface area contributed by atoms with Gasteiger partial charge in [0.2, 0.25) is 0 Å². The lowest BCUT2D eigenvalue weighted by atomic mass is 10.1. The Bertz CT molecular complexity index is 546. The van der Waals surface area contributed by atoms with Gasteiger partial charge in [0.15, 0.2) is 0 Å². The third kappa shape index (κ3) is 2.19. The van der Waals surface area contributed by atoms with E-state index in [1.165, 1.54) is 0 Å². The number of hydrogen-bond acceptors (Lipinski definition) is 3. The van der Waals surface area contributed by atoms with E-state index in [1.807, 2.05) is 30.3 Å². The second kappa shape index (κ2) is 4.82. The number of nitrogens with one attached hydrogen (secondary N) is 1. The van der Waals surface area contributed by atoms with Crippen LogP contribution in [0.15, 0.2) is 41.4 Å². The Labute approximate surface area is 104 Å². The molecule has 1 heterocycles. The molecule has 2 N–H and O–H groups in total. The van der Waals surface area contributed by atoms with Crippen molar-refractivity contribution in [2.75, 3.05) is 0 Å². The molecule has 82 valence electrons. The van der Waals surface area contributed by atoms with Crippen LogP contribution in [0.4, 0.5) is 0 Å². The number of benzene rings is 1. The number of aliphatic hydroxyl groups excluding tert-OH is 1. The van der Waals surface area contributed by atoms with Crippen LogP contribution in [0, 0.1) is 4.51 Å². The summed E-state index contributed by atoms with van der Waals surface area (Å²) in [4.78, 5) is 3.90. The molecule has 0 aliphatic carbocycles. The molecule has 4 heteroatoms. The van der Waals surface area contributed by atoms with Crippen LogP contribution in [0.3, 0.4) is 0 Å². The first-order valence-corrected chi connectivity index (χ1v) is 5.69. The molecule has 0 aliphatic heterocycles. The summed E-state index contributed by atoms with van der Waals surface area (Å²) in [5.41, 5.74) is 2.80. The van der Waals surface area contributed by atoms with Crippen molar-refractivity contribution in [1.82, 2.24) is 4.98 Å². The Kier molecular flexibility index (Phi) is 3.43. The number of aliphatic hydroxyl groups is 1. The van der Waals surface area contributed by atoms with Crippen LogP contribution >= 0.6 is 24.8 Å². The highest BCUT2D eigenvalue weighted by atomic mass is 32.1. The third-order valence-electron chi connectivity index (χ3n) is 2.36. The van der Waals surface area contributed by atoms with Crippen molar-refractivity contribution >= 4 is 24.8 Å². The Morgan fingerprint density at radius 2 is 1.88 bits per heavy atom. The van der Waals surface area contributed by atoms with Crippen molar-refractivity contribution in [3.05, 3.63) is 46.6 Å². The Morgan fingerprint density at radius 1 is 1.19 bits per heavy atom. The SMILES string of the molecule is OCc1ccc(-c2[nH]ccc(=S)c2S)cc1. The molecule has 1 aromatic heterocycles. The summed E-state index contributed by atoms with van der Waals surface area (Å²) >= 11 is 9.54. The zero-order valence-electron chi connectivity index (χ0n) is 8.47. The number of aromatic nitrogens is 1. The van der Waals surface area contributed by atoms with Gasteiger partial charge in [-0.15, -0.1) is 12.6 Å². The lowest BCUT2D eigenvalue weighted by molar-refractivity contribution is 0.282. The summed E-state index contributed by atoms with van der Waals surface area (Å²) in [7, 11) is 0. The van der Waals surface area contributed by atoms with Crippen molar-refractivity contribution in [2.45, 2.75) is 11.5 Å². The second-order valence-corrected chi connectivity index (χ2v) is 4.31. The predicted octanol–water partition coefficient (Wildman–Crippen LogP) is 3.19. The molecule has 16 heavy (non-hydrogen) atoms. The standard InChI is InChI=1S/C12H11NOS2/c14-7-8-1-3-9(4-2-8)11-12(16)10(15)5-6-13-11/h1-6,14,16H,7H2,(H,13,15). The highest BCUT2D eigenvalue weighted by Crippen LogP contribution is 2.25. The monoisotopic (exact) mass is 249 g/mol. The van der Waals surface area contributed by atoms with Crippen LogP contribution in [-0.4, -0.2) is 10.1 Å². The van der Waals surface area contributed by atoms with Gasteiger partial charge in [-0.25, -0.2) is 0 Å². The summed E-state index contributed by atoms with van der Waals surface area (Å²) in [5.74, 6) is 0. The fourth-order valence-corrected chi connectivity index (χ4v) is 1.91. The highest BCUT2D eigenvalue weighted by molar-refractivity contribution is 7.81. The molecule has 2 aromatic rings. The molecular formula is C12H11NOS2. The molecule has 0 saturated carbocycles. The van der Waals surface area contributed by atoms with Gasteiger partial charge in [0, 0.05) is 11.1 Å². The summed E-state index contributed by atoms with van der Waals surface area (Å²) in [6, 6.07) is 9.44. The summed E-state index contributed by atoms with van der Waals surface area (Å²) < 4.78 is 0.725. The summed E-state index contributed by atoms with van der Waals surface area (Å²) in [6.45, 7) is 0.0544. The van der Waals surface area contributed by atoms with E-state index in [4.69, 9.17) is 17.3 Å². The minimum Gasteiger partial charge on any atom is -0.392 e. The maximum atomic E-state index is 8.96. The Balaban J connectivity index is 2.50. The molecule has 0 radical (unpaired) electrons. The summed E-state index contributed by atoms with van der Waals surface area (Å²) in [6.07, 6.45) is 1.80. The first-order valence-electron chi connectivity index (χ1n) is 4.83. The summed E-state index contributed by atoms with van der Waals surface area (Å²) in [5, 5.41) is 8.96. The maximum absolute atomic E-state index is 8.96. The number of H-pyrrole nitrogens is 1. The first kappa shape index (κ1) is 11.4. The Morgan fingerprint density at radius 3 is 2.50 bits per heavy atom. The number of rotatable bonds is 2. The fourth-order valence-electron chi connectivity index (χ4n) is 1.47. The molecule has 0 saturated heterocycles. The minimum atomic E-state index is 0.0544. The van der Waals surface area contributed by atoms with Gasteiger partial charge in [0.1, 0.15) is 0 Å². The molecule has 0 spiro atoms. The van der Waals surface area contributed by atoms with Gasteiger partial charge < -0.3 is 10.1 Å². The molecular weight excluding hydrogens is 238 g/mol. The van der Waals surface area contributed by atoms with E-state index in [1.54, 1.807) is 6.20 Å². The van der Waals surface area contributed by atoms with Crippen LogP contribution in [0.5, 0.6) is 0 Å². The molecule has 0 atom stereocenters. The van der Waals surface area contributed by atoms with Crippen LogP contribution in [-0.2, 0) is 6.61 Å². The van der Waals surface area contributed by atoms with Gasteiger partial charge in [-0.05, 0) is 17.2 Å². The van der Waals surface area contributed by atoms with Crippen LogP contribution in [0.25, 0.3) is 11.3 Å². The van der Waals surface area contributed by atoms with Gasteiger partial charge in [0.05, 0.1) is 16.8 Å². The average Bonchev–Trinajstić information content (AvgIpc) is 2.33. The van der Waals surface area contributed by atoms with Gasteiger partial charge in [-0.3, -0.25) is 0 Å². The van der Waals surface area contributed by atoms with E-state index < -0.39 is 0 Å². The zero-order valence-corrected chi connectivity index (χ0v) is 10.2. The van der Waals surface area contributed by atoms with E-state index in [2.05, 4.69) is 17.6 Å². The van der Waals surface area contributed by atoms with E-state index in [0.29, 0.717) is 0 Å². The first-order chi connectivity index (χ1) is 7.72. The van der Waals surface area contributed by atoms with Gasteiger partial charge in [-0.2, -0.15) is 0 Å². The van der Waals surface area contributed by atoms with Crippen molar-refractivity contribution in [2.24, 2.45) is 0 Å². The lowest BCUT2D eigenvalue weighted by Crippen LogP contribution is -1.87. The minimum absolute atomic E-state index is 0.0544. The van der Waals surface area contributed by atoms with Gasteiger partial charge >= 0.3 is 0 Å². The molecule has 1 aromatic carbocycles. The molecule has 0 unspecified atom stereocenters. The second-order valence-electron chi connectivity index (χ2n) is 3.42. The van der Waals surface area contributed by atoms with E-state index in [-0.39, 0.29) is 6.61 Å². The number of aromatic amines is 1. The number of hydrogen-bond donors (Lipinski definition) is 3. The third-order valence-corrected chi connectivity index (χ3v) is 3.31. The largest absolute Gasteiger partial charge is 0.392 e. The predicted molar refractivity (Wildman–Crippen MR) is 70.2 cm³/mol. The molecule has 2 nitrogen and oxygen atoms in total. The smallest absolute Gasteiger partial charge is 0.0681 e. The molecule has 0 fully saturated rings.